The van der Waals surface area contributed by atoms with Gasteiger partial charge in [-0.05, 0) is 17.7 Å². The molecule has 2 aromatic rings. The first-order valence-electron chi connectivity index (χ1n) is 5.65. The molecule has 0 aliphatic rings. The molecule has 0 fully saturated rings. The summed E-state index contributed by atoms with van der Waals surface area (Å²) in [6, 6.07) is 9.65. The van der Waals surface area contributed by atoms with Crippen LogP contribution in [0.15, 0.2) is 41.1 Å². The van der Waals surface area contributed by atoms with Crippen molar-refractivity contribution in [3.8, 4) is 5.75 Å². The van der Waals surface area contributed by atoms with Crippen molar-refractivity contribution in [2.75, 3.05) is 12.4 Å². The number of benzene rings is 1. The van der Waals surface area contributed by atoms with Gasteiger partial charge in [-0.1, -0.05) is 31.1 Å². The van der Waals surface area contributed by atoms with E-state index < -0.39 is 0 Å². The first kappa shape index (κ1) is 13.1. The second-order valence-electron chi connectivity index (χ2n) is 3.09. The highest BCUT2D eigenvalue weighted by Gasteiger charge is 1.96. The van der Waals surface area contributed by atoms with E-state index in [1.54, 1.807) is 13.2 Å². The average molecular weight is 234 g/mol. The lowest BCUT2D eigenvalue weighted by atomic mass is 10.2. The molecule has 0 spiro atoms. The predicted octanol–water partition coefficient (Wildman–Crippen LogP) is 3.32. The van der Waals surface area contributed by atoms with Crippen LogP contribution >= 0.6 is 0 Å². The van der Waals surface area contributed by atoms with Crippen molar-refractivity contribution in [2.45, 2.75) is 20.4 Å². The molecule has 0 saturated carbocycles. The fourth-order valence-corrected chi connectivity index (χ4v) is 1.24. The molecule has 0 unspecified atom stereocenters. The van der Waals surface area contributed by atoms with Gasteiger partial charge in [0.15, 0.2) is 5.82 Å². The third kappa shape index (κ3) is 4.18. The van der Waals surface area contributed by atoms with Gasteiger partial charge < -0.3 is 14.6 Å². The van der Waals surface area contributed by atoms with Crippen LogP contribution in [0, 0.1) is 0 Å². The van der Waals surface area contributed by atoms with Gasteiger partial charge in [-0.3, -0.25) is 0 Å². The molecular weight excluding hydrogens is 216 g/mol. The normalized spacial score (nSPS) is 9.12. The zero-order chi connectivity index (χ0) is 12.5. The Hall–Kier alpha value is -1.97. The molecule has 1 aromatic carbocycles. The predicted molar refractivity (Wildman–Crippen MR) is 68.2 cm³/mol. The number of nitrogens with zero attached hydrogens (tertiary/aromatic N) is 1. The molecule has 0 radical (unpaired) electrons. The van der Waals surface area contributed by atoms with Crippen LogP contribution in [0.1, 0.15) is 19.4 Å². The molecule has 1 heterocycles. The minimum Gasteiger partial charge on any atom is -0.497 e. The van der Waals surface area contributed by atoms with Crippen molar-refractivity contribution >= 4 is 5.82 Å². The molecule has 4 nitrogen and oxygen atoms in total. The average Bonchev–Trinajstić information content (AvgIpc) is 2.92. The lowest BCUT2D eigenvalue weighted by Gasteiger charge is -2.03. The molecule has 92 valence electrons. The van der Waals surface area contributed by atoms with E-state index >= 15 is 0 Å². The quantitative estimate of drug-likeness (QED) is 0.881. The molecule has 2 rings (SSSR count). The van der Waals surface area contributed by atoms with Gasteiger partial charge in [0.2, 0.25) is 0 Å². The van der Waals surface area contributed by atoms with Gasteiger partial charge in [0.05, 0.1) is 7.11 Å². The highest BCUT2D eigenvalue weighted by atomic mass is 16.5. The van der Waals surface area contributed by atoms with Crippen LogP contribution in [0.5, 0.6) is 5.75 Å². The number of anilines is 1. The second-order valence-corrected chi connectivity index (χ2v) is 3.09. The molecule has 1 aromatic heterocycles. The summed E-state index contributed by atoms with van der Waals surface area (Å²) in [6.45, 7) is 4.72. The van der Waals surface area contributed by atoms with Crippen LogP contribution in [-0.2, 0) is 6.54 Å². The smallest absolute Gasteiger partial charge is 0.169 e. The molecular formula is C13H18N2O2. The van der Waals surface area contributed by atoms with Crippen molar-refractivity contribution in [2.24, 2.45) is 0 Å². The van der Waals surface area contributed by atoms with Gasteiger partial charge >= 0.3 is 0 Å². The molecule has 1 N–H and O–H groups in total. The third-order valence-corrected chi connectivity index (χ3v) is 2.07. The summed E-state index contributed by atoms with van der Waals surface area (Å²) in [4.78, 5) is 0. The Kier molecular flexibility index (Phi) is 5.64. The fraction of sp³-hybridized carbons (Fsp3) is 0.308. The molecule has 0 amide bonds. The largest absolute Gasteiger partial charge is 0.497 e. The minimum absolute atomic E-state index is 0.719. The van der Waals surface area contributed by atoms with Crippen LogP contribution < -0.4 is 10.1 Å². The molecule has 0 aliphatic heterocycles. The second kappa shape index (κ2) is 7.33. The van der Waals surface area contributed by atoms with Crippen LogP contribution in [0.3, 0.4) is 0 Å². The van der Waals surface area contributed by atoms with E-state index in [0.717, 1.165) is 18.1 Å². The number of rotatable bonds is 4. The minimum atomic E-state index is 0.719. The van der Waals surface area contributed by atoms with Crippen molar-refractivity contribution in [1.82, 2.24) is 5.16 Å². The van der Waals surface area contributed by atoms with Crippen molar-refractivity contribution in [3.63, 3.8) is 0 Å². The Balaban J connectivity index is 0.000000686. The number of hydrogen-bond acceptors (Lipinski definition) is 4. The molecule has 17 heavy (non-hydrogen) atoms. The van der Waals surface area contributed by atoms with Crippen LogP contribution in [0.4, 0.5) is 5.82 Å². The Morgan fingerprint density at radius 1 is 1.18 bits per heavy atom. The number of hydrogen-bond donors (Lipinski definition) is 1. The topological polar surface area (TPSA) is 47.3 Å². The van der Waals surface area contributed by atoms with E-state index in [9.17, 15) is 0 Å². The Bertz CT molecular complexity index is 396. The maximum atomic E-state index is 5.07. The SMILES string of the molecule is CC.COc1ccc(CNc2ccon2)cc1. The highest BCUT2D eigenvalue weighted by molar-refractivity contribution is 5.34. The highest BCUT2D eigenvalue weighted by Crippen LogP contribution is 2.12. The molecule has 0 atom stereocenters. The summed E-state index contributed by atoms with van der Waals surface area (Å²) in [7, 11) is 1.66. The zero-order valence-electron chi connectivity index (χ0n) is 10.4. The Morgan fingerprint density at radius 3 is 2.41 bits per heavy atom. The van der Waals surface area contributed by atoms with Gasteiger partial charge in [0.1, 0.15) is 12.0 Å². The third-order valence-electron chi connectivity index (χ3n) is 2.07. The van der Waals surface area contributed by atoms with E-state index in [-0.39, 0.29) is 0 Å². The summed E-state index contributed by atoms with van der Waals surface area (Å²) in [5.41, 5.74) is 1.17. The lowest BCUT2D eigenvalue weighted by molar-refractivity contribution is 0.414. The van der Waals surface area contributed by atoms with Gasteiger partial charge in [0.25, 0.3) is 0 Å². The van der Waals surface area contributed by atoms with Crippen LogP contribution in [0.2, 0.25) is 0 Å². The first-order chi connectivity index (χ1) is 8.38. The molecule has 0 bridgehead atoms. The Morgan fingerprint density at radius 2 is 1.88 bits per heavy atom. The van der Waals surface area contributed by atoms with Gasteiger partial charge in [0, 0.05) is 12.6 Å². The van der Waals surface area contributed by atoms with Crippen molar-refractivity contribution < 1.29 is 9.26 Å². The van der Waals surface area contributed by atoms with Gasteiger partial charge in [-0.2, -0.15) is 0 Å². The van der Waals surface area contributed by atoms with Crippen molar-refractivity contribution in [1.29, 1.82) is 0 Å². The fourth-order valence-electron chi connectivity index (χ4n) is 1.24. The summed E-state index contributed by atoms with van der Waals surface area (Å²) < 4.78 is 9.78. The number of aromatic nitrogens is 1. The van der Waals surface area contributed by atoms with E-state index in [0.29, 0.717) is 0 Å². The lowest BCUT2D eigenvalue weighted by Crippen LogP contribution is -1.99. The van der Waals surface area contributed by atoms with Crippen molar-refractivity contribution in [3.05, 3.63) is 42.2 Å². The van der Waals surface area contributed by atoms with E-state index in [1.165, 1.54) is 11.8 Å². The summed E-state index contributed by atoms with van der Waals surface area (Å²) in [6.07, 6.45) is 1.54. The summed E-state index contributed by atoms with van der Waals surface area (Å²) in [5.74, 6) is 1.60. The summed E-state index contributed by atoms with van der Waals surface area (Å²) >= 11 is 0. The standard InChI is InChI=1S/C11H12N2O2.C2H6/c1-14-10-4-2-9(3-5-10)8-12-11-6-7-15-13-11;1-2/h2-7H,8H2,1H3,(H,12,13);1-2H3. The number of ether oxygens (including phenoxy) is 1. The maximum Gasteiger partial charge on any atom is 0.169 e. The zero-order valence-corrected chi connectivity index (χ0v) is 10.4. The van der Waals surface area contributed by atoms with E-state index in [1.807, 2.05) is 38.1 Å². The van der Waals surface area contributed by atoms with Crippen LogP contribution in [0.25, 0.3) is 0 Å². The summed E-state index contributed by atoms with van der Waals surface area (Å²) in [5, 5.41) is 6.89. The number of methoxy groups -OCH3 is 1. The van der Waals surface area contributed by atoms with E-state index in [2.05, 4.69) is 10.5 Å². The maximum absolute atomic E-state index is 5.07. The van der Waals surface area contributed by atoms with Crippen LogP contribution in [-0.4, -0.2) is 12.3 Å². The first-order valence-corrected chi connectivity index (χ1v) is 5.65. The monoisotopic (exact) mass is 234 g/mol. The van der Waals surface area contributed by atoms with Gasteiger partial charge in [-0.25, -0.2) is 0 Å². The Labute approximate surface area is 102 Å². The van der Waals surface area contributed by atoms with Gasteiger partial charge in [-0.15, -0.1) is 0 Å². The number of nitrogens with one attached hydrogen (secondary N) is 1. The molecule has 0 aliphatic carbocycles. The van der Waals surface area contributed by atoms with E-state index in [4.69, 9.17) is 9.26 Å². The molecule has 0 saturated heterocycles. The molecule has 4 heteroatoms.